The number of benzene rings is 2. The summed E-state index contributed by atoms with van der Waals surface area (Å²) >= 11 is 8.41. The first-order chi connectivity index (χ1) is 13.3. The van der Waals surface area contributed by atoms with Crippen molar-refractivity contribution in [1.29, 1.82) is 0 Å². The van der Waals surface area contributed by atoms with Gasteiger partial charge < -0.3 is 0 Å². The Morgan fingerprint density at radius 2 is 1.19 bits per heavy atom. The maximum atomic E-state index is 2.33. The third kappa shape index (κ3) is 4.71. The maximum absolute atomic E-state index is 2.33. The molecule has 27 heavy (non-hydrogen) atoms. The molecule has 0 N–H and O–H groups in total. The Labute approximate surface area is 186 Å². The van der Waals surface area contributed by atoms with Gasteiger partial charge in [0.1, 0.15) is 0 Å². The van der Waals surface area contributed by atoms with Crippen LogP contribution in [0.25, 0.3) is 0 Å². The molecule has 0 aliphatic carbocycles. The number of allylic oxidation sites excluding steroid dienone is 1. The van der Waals surface area contributed by atoms with Gasteiger partial charge in [-0.25, -0.2) is 0 Å². The van der Waals surface area contributed by atoms with Crippen LogP contribution in [-0.2, 0) is 0 Å². The van der Waals surface area contributed by atoms with E-state index in [-0.39, 0.29) is 0 Å². The molecule has 0 spiro atoms. The fraction of sp³-hybridized carbons (Fsp3) is 0.273. The molecule has 1 fully saturated rings. The third-order valence-electron chi connectivity index (χ3n) is 4.73. The van der Waals surface area contributed by atoms with Gasteiger partial charge in [0.15, 0.2) is 0 Å². The zero-order valence-electron chi connectivity index (χ0n) is 15.4. The molecule has 1 saturated heterocycles. The molecule has 4 rings (SSSR count). The van der Waals surface area contributed by atoms with Gasteiger partial charge in [0, 0.05) is 0 Å². The van der Waals surface area contributed by atoms with E-state index >= 15 is 0 Å². The average molecular weight is 494 g/mol. The summed E-state index contributed by atoms with van der Waals surface area (Å²) in [6.45, 7) is 0. The summed E-state index contributed by atoms with van der Waals surface area (Å²) < 4.78 is 4.53. The number of thioether (sulfide) groups is 4. The molecule has 2 aromatic rings. The van der Waals surface area contributed by atoms with Crippen molar-refractivity contribution >= 4 is 62.0 Å². The second kappa shape index (κ2) is 9.56. The molecule has 5 heteroatoms. The van der Waals surface area contributed by atoms with Gasteiger partial charge in [-0.05, 0) is 0 Å². The molecule has 0 bridgehead atoms. The van der Waals surface area contributed by atoms with Gasteiger partial charge in [0.2, 0.25) is 0 Å². The van der Waals surface area contributed by atoms with Gasteiger partial charge in [-0.3, -0.25) is 0 Å². The van der Waals surface area contributed by atoms with Crippen molar-refractivity contribution in [2.24, 2.45) is 0 Å². The fourth-order valence-corrected chi connectivity index (χ4v) is 11.9. The quantitative estimate of drug-likeness (QED) is 0.404. The SMILES string of the molecule is CSC1=C(SC)SC(=C2CC(c3ccccc3)[Se]C(c3ccccc3)C2)S1. The first-order valence-electron chi connectivity index (χ1n) is 8.93. The van der Waals surface area contributed by atoms with Gasteiger partial charge in [0.05, 0.1) is 0 Å². The van der Waals surface area contributed by atoms with E-state index in [2.05, 4.69) is 73.2 Å². The summed E-state index contributed by atoms with van der Waals surface area (Å²) in [5.41, 5.74) is 4.72. The second-order valence-electron chi connectivity index (χ2n) is 6.42. The Kier molecular flexibility index (Phi) is 7.13. The number of hydrogen-bond donors (Lipinski definition) is 0. The van der Waals surface area contributed by atoms with Crippen molar-refractivity contribution in [2.45, 2.75) is 22.5 Å². The molecule has 0 nitrogen and oxygen atoms in total. The fourth-order valence-electron chi connectivity index (χ4n) is 3.39. The van der Waals surface area contributed by atoms with Gasteiger partial charge in [-0.2, -0.15) is 0 Å². The molecule has 2 unspecified atom stereocenters. The van der Waals surface area contributed by atoms with Crippen LogP contribution >= 0.6 is 47.0 Å². The number of hydrogen-bond acceptors (Lipinski definition) is 4. The first-order valence-corrected chi connectivity index (χ1v) is 15.0. The van der Waals surface area contributed by atoms with Crippen molar-refractivity contribution < 1.29 is 0 Å². The van der Waals surface area contributed by atoms with E-state index in [4.69, 9.17) is 0 Å². The van der Waals surface area contributed by atoms with Gasteiger partial charge >= 0.3 is 187 Å². The summed E-state index contributed by atoms with van der Waals surface area (Å²) in [7, 11) is 0. The van der Waals surface area contributed by atoms with Crippen LogP contribution in [0.5, 0.6) is 0 Å². The molecular weight excluding hydrogens is 471 g/mol. The molecule has 0 aromatic heterocycles. The Balaban J connectivity index is 1.66. The molecule has 2 aromatic carbocycles. The molecule has 0 amide bonds. The summed E-state index contributed by atoms with van der Waals surface area (Å²) in [6.07, 6.45) is 6.87. The normalized spacial score (nSPS) is 23.2. The van der Waals surface area contributed by atoms with E-state index in [9.17, 15) is 0 Å². The molecule has 0 radical (unpaired) electrons. The molecule has 140 valence electrons. The van der Waals surface area contributed by atoms with E-state index in [1.165, 1.54) is 32.4 Å². The Morgan fingerprint density at radius 1 is 0.741 bits per heavy atom. The van der Waals surface area contributed by atoms with Crippen LogP contribution in [0.1, 0.15) is 33.6 Å². The van der Waals surface area contributed by atoms with Gasteiger partial charge in [-0.1, -0.05) is 0 Å². The molecular formula is C22H22S4Se. The van der Waals surface area contributed by atoms with Crippen LogP contribution in [0.2, 0.25) is 0 Å². The van der Waals surface area contributed by atoms with Crippen LogP contribution in [0.4, 0.5) is 0 Å². The molecule has 0 saturated carbocycles. The minimum atomic E-state index is 0.582. The van der Waals surface area contributed by atoms with Crippen LogP contribution < -0.4 is 0 Å². The van der Waals surface area contributed by atoms with Gasteiger partial charge in [-0.15, -0.1) is 0 Å². The summed E-state index contributed by atoms with van der Waals surface area (Å²) in [5, 5.41) is 0. The van der Waals surface area contributed by atoms with E-state index in [1.54, 1.807) is 9.81 Å². The molecule has 2 aliphatic heterocycles. The molecule has 2 heterocycles. The van der Waals surface area contributed by atoms with Crippen molar-refractivity contribution in [3.8, 4) is 0 Å². The van der Waals surface area contributed by atoms with Crippen molar-refractivity contribution in [2.75, 3.05) is 12.5 Å². The van der Waals surface area contributed by atoms with Crippen molar-refractivity contribution in [3.05, 3.63) is 90.1 Å². The zero-order valence-corrected chi connectivity index (χ0v) is 20.4. The summed E-state index contributed by atoms with van der Waals surface area (Å²) in [4.78, 5) is 1.36. The first kappa shape index (κ1) is 20.1. The number of rotatable bonds is 4. The summed E-state index contributed by atoms with van der Waals surface area (Å²) in [6, 6.07) is 22.4. The van der Waals surface area contributed by atoms with Crippen LogP contribution in [0, 0.1) is 0 Å². The van der Waals surface area contributed by atoms with Crippen molar-refractivity contribution in [3.63, 3.8) is 0 Å². The average Bonchev–Trinajstić information content (AvgIpc) is 3.18. The van der Waals surface area contributed by atoms with Gasteiger partial charge in [0.25, 0.3) is 0 Å². The van der Waals surface area contributed by atoms with E-state index < -0.39 is 0 Å². The Hall–Kier alpha value is -0.161. The third-order valence-corrected chi connectivity index (χ3v) is 13.3. The topological polar surface area (TPSA) is 0 Å². The Morgan fingerprint density at radius 3 is 1.59 bits per heavy atom. The predicted octanol–water partition coefficient (Wildman–Crippen LogP) is 7.51. The van der Waals surface area contributed by atoms with E-state index in [0.29, 0.717) is 24.6 Å². The standard InChI is InChI=1S/C22H22S4Se/c1-23-21-22(24-2)26-20(25-21)17-13-18(15-9-5-3-6-10-15)27-19(14-17)16-11-7-4-8-12-16/h3-12,18-19H,13-14H2,1-2H3. The summed E-state index contributed by atoms with van der Waals surface area (Å²) in [5.74, 6) is 0. The van der Waals surface area contributed by atoms with Crippen LogP contribution in [0.15, 0.2) is 78.9 Å². The van der Waals surface area contributed by atoms with E-state index in [1.807, 2.05) is 47.0 Å². The van der Waals surface area contributed by atoms with Crippen LogP contribution in [-0.4, -0.2) is 27.5 Å². The van der Waals surface area contributed by atoms with E-state index in [0.717, 1.165) is 0 Å². The monoisotopic (exact) mass is 494 g/mol. The molecule has 2 aliphatic rings. The predicted molar refractivity (Wildman–Crippen MR) is 130 cm³/mol. The van der Waals surface area contributed by atoms with Crippen molar-refractivity contribution in [1.82, 2.24) is 0 Å². The minimum absolute atomic E-state index is 0.582. The van der Waals surface area contributed by atoms with Crippen LogP contribution in [0.3, 0.4) is 0 Å². The molecule has 2 atom stereocenters. The second-order valence-corrected chi connectivity index (χ2v) is 13.8. The zero-order chi connectivity index (χ0) is 18.6. The Bertz CT molecular complexity index is 778.